The van der Waals surface area contributed by atoms with Gasteiger partial charge in [0, 0.05) is 16.1 Å². The van der Waals surface area contributed by atoms with E-state index >= 15 is 0 Å². The average molecular weight is 419 g/mol. The number of nitrogens with two attached hydrogens (primary N) is 1. The number of nitro benzene ring substituents is 1. The van der Waals surface area contributed by atoms with Crippen LogP contribution in [0.1, 0.15) is 5.56 Å². The van der Waals surface area contributed by atoms with Gasteiger partial charge in [0.15, 0.2) is 5.82 Å². The van der Waals surface area contributed by atoms with Gasteiger partial charge in [-0.2, -0.15) is 0 Å². The zero-order valence-corrected chi connectivity index (χ0v) is 13.8. The van der Waals surface area contributed by atoms with Gasteiger partial charge in [-0.25, -0.2) is 15.8 Å². The minimum atomic E-state index is -0.524. The molecule has 21 heavy (non-hydrogen) atoms. The smallest absolute Gasteiger partial charge is 0.313 e. The number of anilines is 1. The van der Waals surface area contributed by atoms with Crippen molar-refractivity contribution >= 4 is 43.4 Å². The Kier molecular flexibility index (Phi) is 4.70. The Morgan fingerprint density at radius 2 is 2.10 bits per heavy atom. The molecule has 0 bridgehead atoms. The van der Waals surface area contributed by atoms with Crippen LogP contribution < -0.4 is 16.0 Å². The molecule has 2 rings (SSSR count). The number of rotatable bonds is 4. The molecule has 0 spiro atoms. The SMILES string of the molecule is Cc1cc(Br)cc([N+](=O)[O-])c1Oc1ncnc(NN)c1Br. The lowest BCUT2D eigenvalue weighted by molar-refractivity contribution is -0.385. The molecule has 110 valence electrons. The van der Waals surface area contributed by atoms with E-state index in [-0.39, 0.29) is 17.3 Å². The number of nitrogen functional groups attached to an aromatic ring is 1. The third-order valence-electron chi connectivity index (χ3n) is 2.51. The number of aryl methyl sites for hydroxylation is 1. The number of nitro groups is 1. The van der Waals surface area contributed by atoms with Crippen LogP contribution in [0.25, 0.3) is 0 Å². The highest BCUT2D eigenvalue weighted by molar-refractivity contribution is 9.11. The topological polar surface area (TPSA) is 116 Å². The molecule has 0 fully saturated rings. The molecule has 0 amide bonds. The van der Waals surface area contributed by atoms with Crippen LogP contribution in [0.15, 0.2) is 27.4 Å². The molecule has 2 aromatic rings. The number of hydrogen-bond donors (Lipinski definition) is 2. The number of benzene rings is 1. The van der Waals surface area contributed by atoms with Crippen LogP contribution in [0.2, 0.25) is 0 Å². The first kappa shape index (κ1) is 15.6. The fourth-order valence-electron chi connectivity index (χ4n) is 1.60. The number of hydrogen-bond acceptors (Lipinski definition) is 7. The zero-order valence-electron chi connectivity index (χ0n) is 10.6. The summed E-state index contributed by atoms with van der Waals surface area (Å²) in [6, 6.07) is 3.07. The Bertz CT molecular complexity index is 710. The molecule has 0 aliphatic carbocycles. The average Bonchev–Trinajstić information content (AvgIpc) is 2.43. The van der Waals surface area contributed by atoms with E-state index < -0.39 is 4.92 Å². The Morgan fingerprint density at radius 3 is 2.71 bits per heavy atom. The highest BCUT2D eigenvalue weighted by Crippen LogP contribution is 2.39. The summed E-state index contributed by atoms with van der Waals surface area (Å²) in [5.41, 5.74) is 2.78. The van der Waals surface area contributed by atoms with Crippen molar-refractivity contribution < 1.29 is 9.66 Å². The van der Waals surface area contributed by atoms with E-state index in [0.29, 0.717) is 20.3 Å². The van der Waals surface area contributed by atoms with Gasteiger partial charge in [0.25, 0.3) is 0 Å². The van der Waals surface area contributed by atoms with Gasteiger partial charge in [-0.3, -0.25) is 10.1 Å². The third-order valence-corrected chi connectivity index (χ3v) is 3.68. The lowest BCUT2D eigenvalue weighted by Crippen LogP contribution is -2.10. The molecule has 0 radical (unpaired) electrons. The van der Waals surface area contributed by atoms with Crippen LogP contribution in [-0.4, -0.2) is 14.9 Å². The fraction of sp³-hybridized carbons (Fsp3) is 0.0909. The van der Waals surface area contributed by atoms with Crippen LogP contribution in [-0.2, 0) is 0 Å². The minimum Gasteiger partial charge on any atom is -0.430 e. The van der Waals surface area contributed by atoms with Crippen molar-refractivity contribution in [3.05, 3.63) is 43.1 Å². The summed E-state index contributed by atoms with van der Waals surface area (Å²) >= 11 is 6.44. The first-order valence-corrected chi connectivity index (χ1v) is 7.12. The molecule has 0 saturated carbocycles. The van der Waals surface area contributed by atoms with Crippen LogP contribution in [0, 0.1) is 17.0 Å². The van der Waals surface area contributed by atoms with Gasteiger partial charge in [0.05, 0.1) is 4.92 Å². The van der Waals surface area contributed by atoms with E-state index in [1.165, 1.54) is 12.4 Å². The van der Waals surface area contributed by atoms with Crippen LogP contribution in [0.3, 0.4) is 0 Å². The molecule has 0 saturated heterocycles. The summed E-state index contributed by atoms with van der Waals surface area (Å²) in [6.45, 7) is 1.70. The van der Waals surface area contributed by atoms with E-state index in [9.17, 15) is 10.1 Å². The number of halogens is 2. The van der Waals surface area contributed by atoms with Gasteiger partial charge in [-0.1, -0.05) is 15.9 Å². The summed E-state index contributed by atoms with van der Waals surface area (Å²) in [5, 5.41) is 11.2. The van der Waals surface area contributed by atoms with Crippen molar-refractivity contribution in [2.75, 3.05) is 5.43 Å². The molecular weight excluding hydrogens is 410 g/mol. The molecule has 0 atom stereocenters. The Hall–Kier alpha value is -1.78. The second-order valence-corrected chi connectivity index (χ2v) is 5.62. The maximum absolute atomic E-state index is 11.2. The van der Waals surface area contributed by atoms with E-state index in [4.69, 9.17) is 10.6 Å². The first-order chi connectivity index (χ1) is 9.93. The van der Waals surface area contributed by atoms with Crippen molar-refractivity contribution in [1.29, 1.82) is 0 Å². The standard InChI is InChI=1S/C11H9Br2N5O3/c1-5-2-6(12)3-7(18(19)20)9(5)21-11-8(13)10(17-14)15-4-16-11/h2-4H,14H2,1H3,(H,15,16,17). The molecular formula is C11H9Br2N5O3. The van der Waals surface area contributed by atoms with E-state index in [0.717, 1.165) is 0 Å². The summed E-state index contributed by atoms with van der Waals surface area (Å²) < 4.78 is 6.53. The van der Waals surface area contributed by atoms with Gasteiger partial charge in [-0.05, 0) is 28.9 Å². The molecule has 0 aliphatic rings. The fourth-order valence-corrected chi connectivity index (χ4v) is 2.56. The molecule has 0 aliphatic heterocycles. The first-order valence-electron chi connectivity index (χ1n) is 5.53. The minimum absolute atomic E-state index is 0.102. The highest BCUT2D eigenvalue weighted by atomic mass is 79.9. The molecule has 1 heterocycles. The van der Waals surface area contributed by atoms with Crippen molar-refractivity contribution in [2.45, 2.75) is 6.92 Å². The highest BCUT2D eigenvalue weighted by Gasteiger charge is 2.21. The summed E-state index contributed by atoms with van der Waals surface area (Å²) in [4.78, 5) is 18.4. The van der Waals surface area contributed by atoms with Gasteiger partial charge >= 0.3 is 5.69 Å². The van der Waals surface area contributed by atoms with E-state index in [1.807, 2.05) is 0 Å². The lowest BCUT2D eigenvalue weighted by Gasteiger charge is -2.11. The van der Waals surface area contributed by atoms with Crippen molar-refractivity contribution in [3.63, 3.8) is 0 Å². The van der Waals surface area contributed by atoms with Gasteiger partial charge in [0.1, 0.15) is 10.8 Å². The monoisotopic (exact) mass is 417 g/mol. The predicted octanol–water partition coefficient (Wildman–Crippen LogP) is 3.30. The molecule has 1 aromatic heterocycles. The summed E-state index contributed by atoms with van der Waals surface area (Å²) in [6.07, 6.45) is 1.23. The molecule has 8 nitrogen and oxygen atoms in total. The second kappa shape index (κ2) is 6.33. The summed E-state index contributed by atoms with van der Waals surface area (Å²) in [5.74, 6) is 5.82. The number of hydrazine groups is 1. The number of nitrogens with zero attached hydrogens (tertiary/aromatic N) is 3. The number of ether oxygens (including phenoxy) is 1. The Morgan fingerprint density at radius 1 is 1.38 bits per heavy atom. The van der Waals surface area contributed by atoms with Gasteiger partial charge < -0.3 is 10.2 Å². The zero-order chi connectivity index (χ0) is 15.6. The third kappa shape index (κ3) is 3.28. The predicted molar refractivity (Wildman–Crippen MR) is 83.1 cm³/mol. The van der Waals surface area contributed by atoms with Gasteiger partial charge in [0.2, 0.25) is 11.6 Å². The maximum atomic E-state index is 11.2. The second-order valence-electron chi connectivity index (χ2n) is 3.92. The van der Waals surface area contributed by atoms with E-state index in [1.54, 1.807) is 13.0 Å². The van der Waals surface area contributed by atoms with Crippen molar-refractivity contribution in [2.24, 2.45) is 5.84 Å². The normalized spacial score (nSPS) is 10.3. The summed E-state index contributed by atoms with van der Waals surface area (Å²) in [7, 11) is 0. The number of aromatic nitrogens is 2. The largest absolute Gasteiger partial charge is 0.430 e. The number of nitrogens with one attached hydrogen (secondary N) is 1. The Balaban J connectivity index is 2.52. The van der Waals surface area contributed by atoms with Crippen LogP contribution >= 0.6 is 31.9 Å². The maximum Gasteiger partial charge on any atom is 0.313 e. The lowest BCUT2D eigenvalue weighted by atomic mass is 10.2. The molecule has 1 aromatic carbocycles. The Labute approximate surface area is 136 Å². The molecule has 10 heteroatoms. The van der Waals surface area contributed by atoms with Crippen molar-refractivity contribution in [3.8, 4) is 11.6 Å². The quantitative estimate of drug-likeness (QED) is 0.444. The van der Waals surface area contributed by atoms with Crippen LogP contribution in [0.4, 0.5) is 11.5 Å². The van der Waals surface area contributed by atoms with Crippen LogP contribution in [0.5, 0.6) is 11.6 Å². The van der Waals surface area contributed by atoms with Crippen molar-refractivity contribution in [1.82, 2.24) is 9.97 Å². The van der Waals surface area contributed by atoms with E-state index in [2.05, 4.69) is 47.3 Å². The molecule has 0 unspecified atom stereocenters. The van der Waals surface area contributed by atoms with Gasteiger partial charge in [-0.15, -0.1) is 0 Å². The molecule has 3 N–H and O–H groups in total.